The molecule has 148 valence electrons. The topological polar surface area (TPSA) is 105 Å². The summed E-state index contributed by atoms with van der Waals surface area (Å²) < 4.78 is 4.87. The number of aliphatic imine (C=N–C) groups is 1. The van der Waals surface area contributed by atoms with Crippen molar-refractivity contribution in [1.29, 1.82) is 0 Å². The van der Waals surface area contributed by atoms with Gasteiger partial charge in [-0.1, -0.05) is 32.9 Å². The van der Waals surface area contributed by atoms with Crippen LogP contribution in [0.4, 0.5) is 5.95 Å². The second-order valence-electron chi connectivity index (χ2n) is 7.69. The smallest absolute Gasteiger partial charge is 0.316 e. The molecule has 1 aromatic heterocycles. The first-order valence-corrected chi connectivity index (χ1v) is 9.35. The quantitative estimate of drug-likeness (QED) is 0.758. The molecule has 28 heavy (non-hydrogen) atoms. The average molecular weight is 383 g/mol. The van der Waals surface area contributed by atoms with Gasteiger partial charge < -0.3 is 14.8 Å². The van der Waals surface area contributed by atoms with Gasteiger partial charge >= 0.3 is 5.97 Å². The Morgan fingerprint density at radius 1 is 1.36 bits per heavy atom. The summed E-state index contributed by atoms with van der Waals surface area (Å²) in [7, 11) is 1.28. The highest BCUT2D eigenvalue weighted by Crippen LogP contribution is 2.43. The second-order valence-corrected chi connectivity index (χ2v) is 7.69. The van der Waals surface area contributed by atoms with Crippen LogP contribution in [-0.2, 0) is 14.3 Å². The standard InChI is InChI=1S/C21H25N3O4/c1-5-8-15(25)16-14(11-21(2,3)17(18(16)26)19(27)28-4)24-20-22-12-9-6-7-10-13(12)23-20/h6-7,9-10,17,26H,5,8,11H2,1-4H3,(H,22,23)/t17-/m0/s1. The van der Waals surface area contributed by atoms with E-state index in [0.717, 1.165) is 11.0 Å². The van der Waals surface area contributed by atoms with Crippen LogP contribution in [-0.4, -0.2) is 39.6 Å². The van der Waals surface area contributed by atoms with Crippen LogP contribution >= 0.6 is 0 Å². The van der Waals surface area contributed by atoms with E-state index >= 15 is 0 Å². The van der Waals surface area contributed by atoms with Gasteiger partial charge in [0.1, 0.15) is 11.7 Å². The fraction of sp³-hybridized carbons (Fsp3) is 0.429. The lowest BCUT2D eigenvalue weighted by atomic mass is 9.67. The van der Waals surface area contributed by atoms with Crippen molar-refractivity contribution in [2.75, 3.05) is 7.11 Å². The molecule has 1 aliphatic carbocycles. The molecule has 0 fully saturated rings. The lowest BCUT2D eigenvalue weighted by molar-refractivity contribution is -0.149. The van der Waals surface area contributed by atoms with Gasteiger partial charge in [0.2, 0.25) is 5.95 Å². The van der Waals surface area contributed by atoms with Crippen molar-refractivity contribution in [3.8, 4) is 0 Å². The zero-order chi connectivity index (χ0) is 20.5. The number of benzene rings is 1. The maximum absolute atomic E-state index is 12.8. The first-order valence-electron chi connectivity index (χ1n) is 9.35. The summed E-state index contributed by atoms with van der Waals surface area (Å²) >= 11 is 0. The average Bonchev–Trinajstić information content (AvgIpc) is 3.02. The fourth-order valence-electron chi connectivity index (χ4n) is 3.70. The molecule has 0 saturated carbocycles. The van der Waals surface area contributed by atoms with Crippen molar-refractivity contribution >= 4 is 34.4 Å². The Labute approximate surface area is 163 Å². The van der Waals surface area contributed by atoms with E-state index in [-0.39, 0.29) is 23.5 Å². The number of nitrogens with one attached hydrogen (secondary N) is 1. The summed E-state index contributed by atoms with van der Waals surface area (Å²) in [4.78, 5) is 37.2. The lowest BCUT2D eigenvalue weighted by Gasteiger charge is -2.37. The van der Waals surface area contributed by atoms with Gasteiger partial charge in [0.05, 0.1) is 29.4 Å². The maximum Gasteiger partial charge on any atom is 0.316 e. The van der Waals surface area contributed by atoms with Crippen molar-refractivity contribution in [1.82, 2.24) is 9.97 Å². The van der Waals surface area contributed by atoms with Crippen molar-refractivity contribution in [3.05, 3.63) is 35.6 Å². The van der Waals surface area contributed by atoms with Gasteiger partial charge in [-0.25, -0.2) is 9.98 Å². The highest BCUT2D eigenvalue weighted by Gasteiger charge is 2.47. The Morgan fingerprint density at radius 2 is 2.07 bits per heavy atom. The number of carbonyl (C=O) groups excluding carboxylic acids is 2. The van der Waals surface area contributed by atoms with Crippen LogP contribution in [0.25, 0.3) is 11.0 Å². The fourth-order valence-corrected chi connectivity index (χ4v) is 3.70. The minimum Gasteiger partial charge on any atom is -0.511 e. The molecule has 0 radical (unpaired) electrons. The predicted octanol–water partition coefficient (Wildman–Crippen LogP) is 4.04. The number of hydrogen-bond acceptors (Lipinski definition) is 6. The molecule has 0 spiro atoms. The highest BCUT2D eigenvalue weighted by molar-refractivity contribution is 6.24. The summed E-state index contributed by atoms with van der Waals surface area (Å²) in [5, 5.41) is 10.9. The molecule has 7 heteroatoms. The minimum atomic E-state index is -0.914. The number of aromatic nitrogens is 2. The van der Waals surface area contributed by atoms with E-state index in [1.165, 1.54) is 7.11 Å². The number of aromatic amines is 1. The van der Waals surface area contributed by atoms with Gasteiger partial charge in [0.25, 0.3) is 0 Å². The molecule has 1 heterocycles. The zero-order valence-electron chi connectivity index (χ0n) is 16.6. The monoisotopic (exact) mass is 383 g/mol. The van der Waals surface area contributed by atoms with Crippen molar-refractivity contribution in [3.63, 3.8) is 0 Å². The molecule has 0 amide bonds. The van der Waals surface area contributed by atoms with Crippen LogP contribution in [0.5, 0.6) is 0 Å². The number of allylic oxidation sites excluding steroid dienone is 1. The predicted molar refractivity (Wildman–Crippen MR) is 107 cm³/mol. The van der Waals surface area contributed by atoms with Crippen LogP contribution in [0.1, 0.15) is 40.0 Å². The number of hydrogen-bond donors (Lipinski definition) is 2. The van der Waals surface area contributed by atoms with E-state index in [9.17, 15) is 14.7 Å². The number of rotatable bonds is 5. The lowest BCUT2D eigenvalue weighted by Crippen LogP contribution is -2.41. The Morgan fingerprint density at radius 3 is 2.71 bits per heavy atom. The van der Waals surface area contributed by atoms with Crippen molar-refractivity contribution in [2.45, 2.75) is 40.0 Å². The van der Waals surface area contributed by atoms with Crippen molar-refractivity contribution in [2.24, 2.45) is 16.3 Å². The van der Waals surface area contributed by atoms with Gasteiger partial charge in [-0.3, -0.25) is 9.59 Å². The summed E-state index contributed by atoms with van der Waals surface area (Å²) in [6.07, 6.45) is 1.21. The highest BCUT2D eigenvalue weighted by atomic mass is 16.5. The third-order valence-electron chi connectivity index (χ3n) is 5.03. The largest absolute Gasteiger partial charge is 0.511 e. The Kier molecular flexibility index (Phi) is 5.36. The molecular weight excluding hydrogens is 358 g/mol. The summed E-state index contributed by atoms with van der Waals surface area (Å²) in [6.45, 7) is 5.58. The van der Waals surface area contributed by atoms with Crippen LogP contribution in [0.3, 0.4) is 0 Å². The molecule has 0 unspecified atom stereocenters. The van der Waals surface area contributed by atoms with Gasteiger partial charge in [-0.15, -0.1) is 0 Å². The van der Waals surface area contributed by atoms with Gasteiger partial charge in [0, 0.05) is 6.42 Å². The Bertz CT molecular complexity index is 951. The van der Waals surface area contributed by atoms with Gasteiger partial charge in [-0.2, -0.15) is 0 Å². The number of ketones is 1. The number of Topliss-reactive ketones (excluding diaryl/α,β-unsaturated/α-hetero) is 1. The molecule has 1 atom stereocenters. The Balaban J connectivity index is 2.15. The number of ether oxygens (including phenoxy) is 1. The summed E-state index contributed by atoms with van der Waals surface area (Å²) in [5.74, 6) is -1.62. The summed E-state index contributed by atoms with van der Waals surface area (Å²) in [5.41, 5.74) is 1.47. The molecule has 0 aliphatic heterocycles. The molecule has 1 aromatic carbocycles. The van der Waals surface area contributed by atoms with Gasteiger partial charge in [-0.05, 0) is 30.4 Å². The number of aliphatic hydroxyl groups is 1. The SMILES string of the molecule is CCCC(=O)C1=C(O)[C@@H](C(=O)OC)C(C)(C)CC1=Nc1nc2ccccc2[nH]1. The number of carbonyl (C=O) groups is 2. The molecule has 3 rings (SSSR count). The summed E-state index contributed by atoms with van der Waals surface area (Å²) in [6, 6.07) is 7.53. The van der Waals surface area contributed by atoms with E-state index in [2.05, 4.69) is 15.0 Å². The number of aliphatic hydroxyl groups excluding tert-OH is 1. The number of methoxy groups -OCH3 is 1. The second kappa shape index (κ2) is 7.58. The zero-order valence-corrected chi connectivity index (χ0v) is 16.6. The number of esters is 1. The number of imidazole rings is 1. The van der Waals surface area contributed by atoms with E-state index in [1.54, 1.807) is 0 Å². The normalized spacial score (nSPS) is 20.6. The molecule has 2 N–H and O–H groups in total. The first-order chi connectivity index (χ1) is 13.3. The minimum absolute atomic E-state index is 0.108. The van der Waals surface area contributed by atoms with E-state index in [4.69, 9.17) is 4.74 Å². The van der Waals surface area contributed by atoms with E-state index < -0.39 is 17.3 Å². The van der Waals surface area contributed by atoms with Crippen LogP contribution in [0.2, 0.25) is 0 Å². The third kappa shape index (κ3) is 3.56. The van der Waals surface area contributed by atoms with E-state index in [1.807, 2.05) is 45.0 Å². The molecule has 0 saturated heterocycles. The molecule has 2 aromatic rings. The number of nitrogens with zero attached hydrogens (tertiary/aromatic N) is 2. The first kappa shape index (κ1) is 19.8. The number of H-pyrrole nitrogens is 1. The number of para-hydroxylation sites is 2. The third-order valence-corrected chi connectivity index (χ3v) is 5.03. The van der Waals surface area contributed by atoms with Crippen LogP contribution in [0.15, 0.2) is 40.6 Å². The van der Waals surface area contributed by atoms with Crippen LogP contribution < -0.4 is 0 Å². The van der Waals surface area contributed by atoms with E-state index in [0.29, 0.717) is 24.5 Å². The molecular formula is C21H25N3O4. The van der Waals surface area contributed by atoms with Crippen LogP contribution in [0, 0.1) is 11.3 Å². The molecule has 7 nitrogen and oxygen atoms in total. The van der Waals surface area contributed by atoms with Crippen molar-refractivity contribution < 1.29 is 19.4 Å². The molecule has 1 aliphatic rings. The Hall–Kier alpha value is -2.96. The number of fused-ring (bicyclic) bond motifs is 1. The van der Waals surface area contributed by atoms with Gasteiger partial charge in [0.15, 0.2) is 5.78 Å². The maximum atomic E-state index is 12.8. The molecule has 0 bridgehead atoms.